The summed E-state index contributed by atoms with van der Waals surface area (Å²) in [4.78, 5) is 34.9. The largest absolute Gasteiger partial charge is 0.357 e. The minimum atomic E-state index is -0.0452. The Morgan fingerprint density at radius 1 is 1.13 bits per heavy atom. The van der Waals surface area contributed by atoms with Gasteiger partial charge in [-0.25, -0.2) is 9.79 Å². The first-order chi connectivity index (χ1) is 14.5. The van der Waals surface area contributed by atoms with E-state index < -0.39 is 0 Å². The molecule has 9 heteroatoms. The predicted molar refractivity (Wildman–Crippen MR) is 137 cm³/mol. The average molecular weight is 544 g/mol. The molecular formula is C22H37IN6O2. The zero-order valence-corrected chi connectivity index (χ0v) is 21.5. The lowest BCUT2D eigenvalue weighted by atomic mass is 10.2. The van der Waals surface area contributed by atoms with Gasteiger partial charge in [0, 0.05) is 45.5 Å². The second-order valence-electron chi connectivity index (χ2n) is 7.42. The van der Waals surface area contributed by atoms with Crippen molar-refractivity contribution in [3.05, 3.63) is 29.8 Å². The van der Waals surface area contributed by atoms with Gasteiger partial charge in [0.05, 0.1) is 13.1 Å². The highest BCUT2D eigenvalue weighted by Crippen LogP contribution is 2.15. The Bertz CT molecular complexity index is 732. The Morgan fingerprint density at radius 2 is 1.81 bits per heavy atom. The normalized spacial score (nSPS) is 13.4. The fourth-order valence-corrected chi connectivity index (χ4v) is 3.46. The molecule has 0 aromatic heterocycles. The van der Waals surface area contributed by atoms with E-state index in [9.17, 15) is 9.59 Å². The van der Waals surface area contributed by atoms with Crippen molar-refractivity contribution in [2.45, 2.75) is 40.2 Å². The summed E-state index contributed by atoms with van der Waals surface area (Å²) in [7, 11) is 1.87. The van der Waals surface area contributed by atoms with Gasteiger partial charge in [0.15, 0.2) is 5.96 Å². The molecule has 0 spiro atoms. The van der Waals surface area contributed by atoms with Crippen molar-refractivity contribution in [1.82, 2.24) is 20.0 Å². The van der Waals surface area contributed by atoms with Crippen LogP contribution in [0.25, 0.3) is 0 Å². The molecule has 0 bridgehead atoms. The fraction of sp³-hybridized carbons (Fsp3) is 0.591. The van der Waals surface area contributed by atoms with Crippen LogP contribution in [0.2, 0.25) is 0 Å². The summed E-state index contributed by atoms with van der Waals surface area (Å²) in [5.41, 5.74) is 1.77. The first-order valence-corrected chi connectivity index (χ1v) is 10.9. The SMILES string of the molecule is CCNC(=NCc1cccc(NC(=O)N2CCCC2)c1)N(C)CC(=O)N(CC)CC.I. The van der Waals surface area contributed by atoms with Crippen molar-refractivity contribution in [3.8, 4) is 0 Å². The molecular weight excluding hydrogens is 507 g/mol. The number of anilines is 1. The van der Waals surface area contributed by atoms with Gasteiger partial charge in [0.2, 0.25) is 5.91 Å². The highest BCUT2D eigenvalue weighted by molar-refractivity contribution is 14.0. The van der Waals surface area contributed by atoms with E-state index in [0.29, 0.717) is 32.1 Å². The van der Waals surface area contributed by atoms with Crippen LogP contribution in [0.15, 0.2) is 29.3 Å². The molecule has 1 aromatic carbocycles. The van der Waals surface area contributed by atoms with Crippen molar-refractivity contribution in [2.24, 2.45) is 4.99 Å². The molecule has 31 heavy (non-hydrogen) atoms. The lowest BCUT2D eigenvalue weighted by Gasteiger charge is -2.25. The van der Waals surface area contributed by atoms with Crippen LogP contribution in [0.5, 0.6) is 0 Å². The number of aliphatic imine (C=N–C) groups is 1. The maximum absolute atomic E-state index is 12.4. The number of rotatable bonds is 8. The van der Waals surface area contributed by atoms with E-state index in [1.165, 1.54) is 0 Å². The molecule has 0 unspecified atom stereocenters. The monoisotopic (exact) mass is 544 g/mol. The van der Waals surface area contributed by atoms with E-state index in [0.717, 1.165) is 37.2 Å². The van der Waals surface area contributed by atoms with Crippen LogP contribution in [0.1, 0.15) is 39.2 Å². The van der Waals surface area contributed by atoms with Crippen LogP contribution in [0, 0.1) is 0 Å². The lowest BCUT2D eigenvalue weighted by Crippen LogP contribution is -2.45. The molecule has 1 aromatic rings. The third-order valence-corrected chi connectivity index (χ3v) is 5.17. The third kappa shape index (κ3) is 8.54. The lowest BCUT2D eigenvalue weighted by molar-refractivity contribution is -0.131. The molecule has 1 saturated heterocycles. The zero-order valence-electron chi connectivity index (χ0n) is 19.2. The van der Waals surface area contributed by atoms with E-state index in [4.69, 9.17) is 0 Å². The molecule has 2 rings (SSSR count). The van der Waals surface area contributed by atoms with Crippen LogP contribution in [-0.2, 0) is 11.3 Å². The van der Waals surface area contributed by atoms with Gasteiger partial charge in [-0.3, -0.25) is 4.79 Å². The van der Waals surface area contributed by atoms with Crippen LogP contribution in [-0.4, -0.2) is 78.9 Å². The molecule has 8 nitrogen and oxygen atoms in total. The number of likely N-dealkylation sites (tertiary alicyclic amines) is 1. The van der Waals surface area contributed by atoms with Crippen molar-refractivity contribution < 1.29 is 9.59 Å². The van der Waals surface area contributed by atoms with Crippen LogP contribution in [0.3, 0.4) is 0 Å². The summed E-state index contributed by atoms with van der Waals surface area (Å²) in [5, 5.41) is 6.22. The number of likely N-dealkylation sites (N-methyl/N-ethyl adjacent to an activating group) is 2. The molecule has 0 aliphatic carbocycles. The zero-order chi connectivity index (χ0) is 21.9. The average Bonchev–Trinajstić information content (AvgIpc) is 3.27. The predicted octanol–water partition coefficient (Wildman–Crippen LogP) is 3.20. The van der Waals surface area contributed by atoms with Gasteiger partial charge in [-0.05, 0) is 51.3 Å². The number of nitrogens with zero attached hydrogens (tertiary/aromatic N) is 4. The first kappa shape index (κ1) is 27.0. The molecule has 1 aliphatic heterocycles. The van der Waals surface area contributed by atoms with E-state index in [1.54, 1.807) is 0 Å². The second kappa shape index (κ2) is 14.1. The van der Waals surface area contributed by atoms with Crippen LogP contribution >= 0.6 is 24.0 Å². The minimum absolute atomic E-state index is 0. The van der Waals surface area contributed by atoms with E-state index in [1.807, 2.05) is 66.8 Å². The van der Waals surface area contributed by atoms with Gasteiger partial charge in [-0.1, -0.05) is 12.1 Å². The van der Waals surface area contributed by atoms with E-state index in [2.05, 4.69) is 15.6 Å². The topological polar surface area (TPSA) is 80.3 Å². The van der Waals surface area contributed by atoms with Gasteiger partial charge < -0.3 is 25.3 Å². The molecule has 174 valence electrons. The molecule has 0 saturated carbocycles. The van der Waals surface area contributed by atoms with E-state index >= 15 is 0 Å². The second-order valence-corrected chi connectivity index (χ2v) is 7.42. The van der Waals surface area contributed by atoms with E-state index in [-0.39, 0.29) is 42.5 Å². The van der Waals surface area contributed by atoms with Gasteiger partial charge >= 0.3 is 6.03 Å². The molecule has 3 amide bonds. The maximum Gasteiger partial charge on any atom is 0.321 e. The number of halogens is 1. The Balaban J connectivity index is 0.00000480. The summed E-state index contributed by atoms with van der Waals surface area (Å²) < 4.78 is 0. The van der Waals surface area contributed by atoms with Crippen molar-refractivity contribution in [3.63, 3.8) is 0 Å². The number of hydrogen-bond acceptors (Lipinski definition) is 3. The number of nitrogens with one attached hydrogen (secondary N) is 2. The van der Waals surface area contributed by atoms with Gasteiger partial charge in [-0.15, -0.1) is 24.0 Å². The van der Waals surface area contributed by atoms with Gasteiger partial charge in [-0.2, -0.15) is 0 Å². The molecule has 2 N–H and O–H groups in total. The quantitative estimate of drug-likeness (QED) is 0.300. The molecule has 1 heterocycles. The Hall–Kier alpha value is -2.04. The summed E-state index contributed by atoms with van der Waals surface area (Å²) in [5.74, 6) is 0.768. The number of amides is 3. The number of hydrogen-bond donors (Lipinski definition) is 2. The first-order valence-electron chi connectivity index (χ1n) is 10.9. The van der Waals surface area contributed by atoms with Crippen molar-refractivity contribution in [1.29, 1.82) is 0 Å². The van der Waals surface area contributed by atoms with Gasteiger partial charge in [0.25, 0.3) is 0 Å². The van der Waals surface area contributed by atoms with Crippen molar-refractivity contribution >= 4 is 47.6 Å². The molecule has 0 atom stereocenters. The maximum atomic E-state index is 12.4. The smallest absolute Gasteiger partial charge is 0.321 e. The summed E-state index contributed by atoms with van der Waals surface area (Å²) in [6, 6.07) is 7.70. The molecule has 0 radical (unpaired) electrons. The van der Waals surface area contributed by atoms with Gasteiger partial charge in [0.1, 0.15) is 0 Å². The fourth-order valence-electron chi connectivity index (χ4n) is 3.46. The van der Waals surface area contributed by atoms with Crippen LogP contribution < -0.4 is 10.6 Å². The summed E-state index contributed by atoms with van der Waals surface area (Å²) in [6.07, 6.45) is 2.14. The summed E-state index contributed by atoms with van der Waals surface area (Å²) in [6.45, 7) is 10.5. The highest BCUT2D eigenvalue weighted by atomic mass is 127. The number of urea groups is 1. The minimum Gasteiger partial charge on any atom is -0.357 e. The summed E-state index contributed by atoms with van der Waals surface area (Å²) >= 11 is 0. The Morgan fingerprint density at radius 3 is 2.42 bits per heavy atom. The standard InChI is InChI=1S/C22H36N6O2.HI/c1-5-23-21(26(4)17-20(29)27(6-2)7-3)24-16-18-11-10-12-19(15-18)25-22(30)28-13-8-9-14-28;/h10-12,15H,5-9,13-14,16-17H2,1-4H3,(H,23,24)(H,25,30);1H. The van der Waals surface area contributed by atoms with Crippen molar-refractivity contribution in [2.75, 3.05) is 51.6 Å². The number of benzene rings is 1. The number of carbonyl (C=O) groups is 2. The molecule has 1 fully saturated rings. The third-order valence-electron chi connectivity index (χ3n) is 5.17. The molecule has 1 aliphatic rings. The Labute approximate surface area is 203 Å². The van der Waals surface area contributed by atoms with Crippen LogP contribution in [0.4, 0.5) is 10.5 Å². The number of carbonyl (C=O) groups excluding carboxylic acids is 2. The number of guanidine groups is 1. The Kier molecular flexibility index (Phi) is 12.3. The highest BCUT2D eigenvalue weighted by Gasteiger charge is 2.18.